The van der Waals surface area contributed by atoms with E-state index in [-0.39, 0.29) is 5.82 Å². The average Bonchev–Trinajstić information content (AvgIpc) is 2.38. The molecule has 2 aromatic carbocycles. The molecule has 19 heavy (non-hydrogen) atoms. The molecule has 0 aliphatic carbocycles. The molecule has 2 aromatic rings. The highest BCUT2D eigenvalue weighted by Gasteiger charge is 2.01. The SMILES string of the molecule is Cc1cc(Br)ccc1OCCNc1ccccc1F. The van der Waals surface area contributed by atoms with Gasteiger partial charge in [-0.05, 0) is 42.8 Å². The number of aryl methyl sites for hydroxylation is 1. The van der Waals surface area contributed by atoms with Gasteiger partial charge in [0.2, 0.25) is 0 Å². The van der Waals surface area contributed by atoms with Crippen molar-refractivity contribution in [3.05, 3.63) is 58.3 Å². The molecule has 0 fully saturated rings. The molecule has 0 saturated carbocycles. The van der Waals surface area contributed by atoms with E-state index >= 15 is 0 Å². The summed E-state index contributed by atoms with van der Waals surface area (Å²) in [5.41, 5.74) is 1.57. The second kappa shape index (κ2) is 6.57. The third-order valence-electron chi connectivity index (χ3n) is 2.69. The molecule has 100 valence electrons. The van der Waals surface area contributed by atoms with Gasteiger partial charge in [-0.2, -0.15) is 0 Å². The zero-order valence-corrected chi connectivity index (χ0v) is 12.2. The number of hydrogen-bond donors (Lipinski definition) is 1. The van der Waals surface area contributed by atoms with Crippen molar-refractivity contribution in [2.75, 3.05) is 18.5 Å². The number of anilines is 1. The van der Waals surface area contributed by atoms with E-state index in [0.717, 1.165) is 15.8 Å². The van der Waals surface area contributed by atoms with Gasteiger partial charge in [0.05, 0.1) is 5.69 Å². The number of hydrogen-bond acceptors (Lipinski definition) is 2. The summed E-state index contributed by atoms with van der Waals surface area (Å²) >= 11 is 3.41. The minimum atomic E-state index is -0.248. The molecule has 0 atom stereocenters. The highest BCUT2D eigenvalue weighted by Crippen LogP contribution is 2.22. The first-order chi connectivity index (χ1) is 9.16. The third-order valence-corrected chi connectivity index (χ3v) is 3.18. The van der Waals surface area contributed by atoms with Crippen molar-refractivity contribution >= 4 is 21.6 Å². The van der Waals surface area contributed by atoms with Crippen LogP contribution in [-0.2, 0) is 0 Å². The largest absolute Gasteiger partial charge is 0.491 e. The Morgan fingerprint density at radius 2 is 2.00 bits per heavy atom. The van der Waals surface area contributed by atoms with Crippen molar-refractivity contribution in [3.8, 4) is 5.75 Å². The van der Waals surface area contributed by atoms with Gasteiger partial charge in [-0.1, -0.05) is 28.1 Å². The lowest BCUT2D eigenvalue weighted by molar-refractivity contribution is 0.330. The first kappa shape index (κ1) is 13.9. The van der Waals surface area contributed by atoms with E-state index < -0.39 is 0 Å². The van der Waals surface area contributed by atoms with Crippen molar-refractivity contribution in [1.29, 1.82) is 0 Å². The van der Waals surface area contributed by atoms with E-state index in [9.17, 15) is 4.39 Å². The van der Waals surface area contributed by atoms with Gasteiger partial charge >= 0.3 is 0 Å². The van der Waals surface area contributed by atoms with E-state index in [1.165, 1.54) is 6.07 Å². The van der Waals surface area contributed by atoms with Crippen LogP contribution in [-0.4, -0.2) is 13.2 Å². The first-order valence-corrected chi connectivity index (χ1v) is 6.83. The Hall–Kier alpha value is -1.55. The van der Waals surface area contributed by atoms with E-state index in [1.807, 2.05) is 25.1 Å². The average molecular weight is 324 g/mol. The molecule has 4 heteroatoms. The molecule has 0 amide bonds. The molecular formula is C15H15BrFNO. The molecule has 2 rings (SSSR count). The highest BCUT2D eigenvalue weighted by atomic mass is 79.9. The molecule has 0 aliphatic rings. The van der Waals surface area contributed by atoms with Crippen molar-refractivity contribution in [2.45, 2.75) is 6.92 Å². The topological polar surface area (TPSA) is 21.3 Å². The fourth-order valence-corrected chi connectivity index (χ4v) is 2.20. The molecule has 0 bridgehead atoms. The summed E-state index contributed by atoms with van der Waals surface area (Å²) in [5, 5.41) is 3.00. The van der Waals surface area contributed by atoms with Gasteiger partial charge in [-0.3, -0.25) is 0 Å². The van der Waals surface area contributed by atoms with Crippen molar-refractivity contribution in [1.82, 2.24) is 0 Å². The first-order valence-electron chi connectivity index (χ1n) is 6.04. The van der Waals surface area contributed by atoms with Crippen LogP contribution in [0.1, 0.15) is 5.56 Å². The molecule has 2 nitrogen and oxygen atoms in total. The second-order valence-corrected chi connectivity index (χ2v) is 5.08. The van der Waals surface area contributed by atoms with Crippen LogP contribution in [0.4, 0.5) is 10.1 Å². The van der Waals surface area contributed by atoms with Crippen LogP contribution in [0, 0.1) is 12.7 Å². The van der Waals surface area contributed by atoms with E-state index in [1.54, 1.807) is 18.2 Å². The van der Waals surface area contributed by atoms with Gasteiger partial charge in [0.15, 0.2) is 0 Å². The van der Waals surface area contributed by atoms with Crippen LogP contribution >= 0.6 is 15.9 Å². The Labute approximate surface area is 120 Å². The predicted octanol–water partition coefficient (Wildman–Crippen LogP) is 4.39. The lowest BCUT2D eigenvalue weighted by Gasteiger charge is -2.11. The maximum atomic E-state index is 13.3. The minimum Gasteiger partial charge on any atom is -0.491 e. The number of benzene rings is 2. The summed E-state index contributed by atoms with van der Waals surface area (Å²) in [6, 6.07) is 12.5. The van der Waals surface area contributed by atoms with Gasteiger partial charge < -0.3 is 10.1 Å². The Kier molecular flexibility index (Phi) is 4.80. The smallest absolute Gasteiger partial charge is 0.146 e. The van der Waals surface area contributed by atoms with Gasteiger partial charge in [0.25, 0.3) is 0 Å². The number of halogens is 2. The molecule has 0 spiro atoms. The summed E-state index contributed by atoms with van der Waals surface area (Å²) in [6.45, 7) is 3.03. The van der Waals surface area contributed by atoms with E-state index in [2.05, 4.69) is 21.2 Å². The van der Waals surface area contributed by atoms with Crippen LogP contribution in [0.25, 0.3) is 0 Å². The van der Waals surface area contributed by atoms with Gasteiger partial charge in [-0.15, -0.1) is 0 Å². The van der Waals surface area contributed by atoms with Crippen molar-refractivity contribution in [2.24, 2.45) is 0 Å². The van der Waals surface area contributed by atoms with Crippen molar-refractivity contribution in [3.63, 3.8) is 0 Å². The van der Waals surface area contributed by atoms with Crippen LogP contribution in [0.5, 0.6) is 5.75 Å². The van der Waals surface area contributed by atoms with E-state index in [0.29, 0.717) is 18.8 Å². The highest BCUT2D eigenvalue weighted by molar-refractivity contribution is 9.10. The molecule has 1 N–H and O–H groups in total. The van der Waals surface area contributed by atoms with Gasteiger partial charge in [-0.25, -0.2) is 4.39 Å². The maximum Gasteiger partial charge on any atom is 0.146 e. The zero-order valence-electron chi connectivity index (χ0n) is 10.6. The molecule has 0 saturated heterocycles. The molecule has 0 unspecified atom stereocenters. The Balaban J connectivity index is 1.83. The van der Waals surface area contributed by atoms with Crippen LogP contribution < -0.4 is 10.1 Å². The van der Waals surface area contributed by atoms with Crippen molar-refractivity contribution < 1.29 is 9.13 Å². The zero-order chi connectivity index (χ0) is 13.7. The Morgan fingerprint density at radius 3 is 2.74 bits per heavy atom. The molecule has 0 radical (unpaired) electrons. The van der Waals surface area contributed by atoms with Crippen LogP contribution in [0.15, 0.2) is 46.9 Å². The number of rotatable bonds is 5. The summed E-state index contributed by atoms with van der Waals surface area (Å²) < 4.78 is 20.0. The van der Waals surface area contributed by atoms with Crippen LogP contribution in [0.3, 0.4) is 0 Å². The molecule has 0 aromatic heterocycles. The second-order valence-electron chi connectivity index (χ2n) is 4.16. The monoisotopic (exact) mass is 323 g/mol. The van der Waals surface area contributed by atoms with Crippen LogP contribution in [0.2, 0.25) is 0 Å². The summed E-state index contributed by atoms with van der Waals surface area (Å²) in [7, 11) is 0. The number of ether oxygens (including phenoxy) is 1. The van der Waals surface area contributed by atoms with Gasteiger partial charge in [0, 0.05) is 11.0 Å². The predicted molar refractivity (Wildman–Crippen MR) is 79.3 cm³/mol. The summed E-state index contributed by atoms with van der Waals surface area (Å²) in [4.78, 5) is 0. The summed E-state index contributed by atoms with van der Waals surface area (Å²) in [6.07, 6.45) is 0. The van der Waals surface area contributed by atoms with Gasteiger partial charge in [0.1, 0.15) is 18.2 Å². The Bertz CT molecular complexity index is 560. The molecule has 0 heterocycles. The fraction of sp³-hybridized carbons (Fsp3) is 0.200. The fourth-order valence-electron chi connectivity index (χ4n) is 1.73. The standard InChI is InChI=1S/C15H15BrFNO/c1-11-10-12(16)6-7-15(11)19-9-8-18-14-5-3-2-4-13(14)17/h2-7,10,18H,8-9H2,1H3. The Morgan fingerprint density at radius 1 is 1.21 bits per heavy atom. The maximum absolute atomic E-state index is 13.3. The van der Waals surface area contributed by atoms with E-state index in [4.69, 9.17) is 4.74 Å². The molecular weight excluding hydrogens is 309 g/mol. The lowest BCUT2D eigenvalue weighted by Crippen LogP contribution is -2.12. The quantitative estimate of drug-likeness (QED) is 0.824. The third kappa shape index (κ3) is 3.96. The number of nitrogens with one attached hydrogen (secondary N) is 1. The lowest BCUT2D eigenvalue weighted by atomic mass is 10.2. The minimum absolute atomic E-state index is 0.248. The molecule has 0 aliphatic heterocycles. The number of para-hydroxylation sites is 1. The normalized spacial score (nSPS) is 10.3. The summed E-state index contributed by atoms with van der Waals surface area (Å²) in [5.74, 6) is 0.598.